The van der Waals surface area contributed by atoms with Crippen LogP contribution >= 0.6 is 11.6 Å². The van der Waals surface area contributed by atoms with E-state index in [1.54, 1.807) is 16.7 Å². The maximum Gasteiger partial charge on any atom is 0.419 e. The summed E-state index contributed by atoms with van der Waals surface area (Å²) in [5, 5.41) is 1.51. The van der Waals surface area contributed by atoms with Crippen LogP contribution in [-0.4, -0.2) is 23.0 Å². The Balaban J connectivity index is 2.89. The number of ether oxygens (including phenoxy) is 1. The van der Waals surface area contributed by atoms with Crippen LogP contribution in [0.4, 0.5) is 4.79 Å². The van der Waals surface area contributed by atoms with Gasteiger partial charge in [-0.05, 0) is 76.2 Å². The lowest BCUT2D eigenvalue weighted by atomic mass is 10.0. The topological polar surface area (TPSA) is 69.6 Å². The minimum absolute atomic E-state index is 0.268. The van der Waals surface area contributed by atoms with Crippen LogP contribution in [0.5, 0.6) is 0 Å². The van der Waals surface area contributed by atoms with E-state index in [0.29, 0.717) is 11.4 Å². The average Bonchev–Trinajstić information content (AvgIpc) is 2.91. The summed E-state index contributed by atoms with van der Waals surface area (Å²) in [4.78, 5) is 16.8. The first kappa shape index (κ1) is 20.8. The average molecular weight is 388 g/mol. The minimum Gasteiger partial charge on any atom is -0.443 e. The van der Waals surface area contributed by atoms with Crippen LogP contribution in [0, 0.1) is 0 Å². The molecule has 0 radical (unpaired) electrons. The first-order chi connectivity index (χ1) is 12.6. The number of carbonyl (C=O) groups excluding carboxylic acids is 1. The Bertz CT molecular complexity index is 946. The van der Waals surface area contributed by atoms with Crippen LogP contribution in [0.1, 0.15) is 45.9 Å². The molecular formula is C21H26ClN3O2. The smallest absolute Gasteiger partial charge is 0.419 e. The van der Waals surface area contributed by atoms with Crippen molar-refractivity contribution in [1.29, 1.82) is 0 Å². The third kappa shape index (κ3) is 4.42. The Kier molecular flexibility index (Phi) is 6.16. The number of hydrogen-bond acceptors (Lipinski definition) is 4. The molecule has 2 rings (SSSR count). The lowest BCUT2D eigenvalue weighted by Crippen LogP contribution is -2.28. The molecule has 0 atom stereocenters. The molecule has 2 N–H and O–H groups in total. The molecule has 0 spiro atoms. The van der Waals surface area contributed by atoms with Crippen molar-refractivity contribution in [2.75, 3.05) is 0 Å². The fourth-order valence-corrected chi connectivity index (χ4v) is 3.15. The summed E-state index contributed by atoms with van der Waals surface area (Å²) < 4.78 is 7.24. The van der Waals surface area contributed by atoms with E-state index in [1.807, 2.05) is 52.8 Å². The fraction of sp³-hybridized carbons (Fsp3) is 0.333. The standard InChI is InChI=1S/C21H26ClN3O2/c1-7-13(11-18(23)24-6)19-15(8-2)16-12-14(22)9-10-17(16)25(19)20(26)27-21(3,4)5/h7,9-12H,6,8,23H2,1-5H3/b13-7+,18-11-. The number of rotatable bonds is 4. The van der Waals surface area contributed by atoms with Crippen molar-refractivity contribution >= 4 is 40.9 Å². The van der Waals surface area contributed by atoms with Crippen LogP contribution in [0.3, 0.4) is 0 Å². The number of aliphatic imine (C=N–C) groups is 1. The second-order valence-corrected chi connectivity index (χ2v) is 7.57. The molecule has 0 aliphatic heterocycles. The van der Waals surface area contributed by atoms with E-state index in [1.165, 1.54) is 0 Å². The summed E-state index contributed by atoms with van der Waals surface area (Å²) in [5.74, 6) is 0.268. The van der Waals surface area contributed by atoms with Gasteiger partial charge in [-0.1, -0.05) is 24.6 Å². The third-order valence-corrected chi connectivity index (χ3v) is 4.27. The molecule has 0 fully saturated rings. The molecule has 2 aromatic rings. The summed E-state index contributed by atoms with van der Waals surface area (Å²) in [5.41, 5.74) is 8.44. The molecule has 0 amide bonds. The Labute approximate surface area is 165 Å². The summed E-state index contributed by atoms with van der Waals surface area (Å²) >= 11 is 6.22. The van der Waals surface area contributed by atoms with Crippen molar-refractivity contribution in [2.24, 2.45) is 10.7 Å². The van der Waals surface area contributed by atoms with Gasteiger partial charge in [-0.2, -0.15) is 0 Å². The first-order valence-electron chi connectivity index (χ1n) is 8.79. The van der Waals surface area contributed by atoms with Crippen molar-refractivity contribution in [3.8, 4) is 0 Å². The maximum atomic E-state index is 13.1. The minimum atomic E-state index is -0.628. The number of aromatic nitrogens is 1. The molecule has 144 valence electrons. The van der Waals surface area contributed by atoms with Gasteiger partial charge >= 0.3 is 6.09 Å². The van der Waals surface area contributed by atoms with Crippen molar-refractivity contribution in [1.82, 2.24) is 4.57 Å². The zero-order valence-electron chi connectivity index (χ0n) is 16.5. The highest BCUT2D eigenvalue weighted by Gasteiger charge is 2.26. The van der Waals surface area contributed by atoms with Crippen LogP contribution in [0.15, 0.2) is 41.2 Å². The van der Waals surface area contributed by atoms with E-state index >= 15 is 0 Å². The van der Waals surface area contributed by atoms with Gasteiger partial charge in [0.25, 0.3) is 0 Å². The van der Waals surface area contributed by atoms with Crippen LogP contribution in [0.25, 0.3) is 16.5 Å². The molecule has 1 aromatic heterocycles. The third-order valence-electron chi connectivity index (χ3n) is 4.03. The van der Waals surface area contributed by atoms with Gasteiger partial charge < -0.3 is 10.5 Å². The molecule has 5 nitrogen and oxygen atoms in total. The Morgan fingerprint density at radius 1 is 1.41 bits per heavy atom. The highest BCUT2D eigenvalue weighted by atomic mass is 35.5. The molecule has 0 saturated carbocycles. The molecule has 1 aromatic carbocycles. The number of fused-ring (bicyclic) bond motifs is 1. The van der Waals surface area contributed by atoms with Crippen LogP contribution in [0.2, 0.25) is 5.02 Å². The SMILES string of the molecule is C=N/C(N)=C\C(=C/C)c1c(CC)c2cc(Cl)ccc2n1C(=O)OC(C)(C)C. The van der Waals surface area contributed by atoms with Gasteiger partial charge in [0.05, 0.1) is 11.2 Å². The van der Waals surface area contributed by atoms with Crippen molar-refractivity contribution < 1.29 is 9.53 Å². The Hall–Kier alpha value is -2.53. The highest BCUT2D eigenvalue weighted by molar-refractivity contribution is 6.31. The normalized spacial score (nSPS) is 13.1. The van der Waals surface area contributed by atoms with E-state index in [4.69, 9.17) is 22.1 Å². The van der Waals surface area contributed by atoms with Gasteiger partial charge in [0.15, 0.2) is 0 Å². The zero-order valence-corrected chi connectivity index (χ0v) is 17.2. The molecule has 1 heterocycles. The molecule has 0 aliphatic carbocycles. The summed E-state index contributed by atoms with van der Waals surface area (Å²) in [6, 6.07) is 5.46. The number of allylic oxidation sites excluding steroid dienone is 3. The number of hydrogen-bond donors (Lipinski definition) is 1. The van der Waals surface area contributed by atoms with Crippen molar-refractivity contribution in [3.05, 3.63) is 52.5 Å². The largest absolute Gasteiger partial charge is 0.443 e. The summed E-state index contributed by atoms with van der Waals surface area (Å²) in [6.45, 7) is 12.9. The maximum absolute atomic E-state index is 13.1. The quantitative estimate of drug-likeness (QED) is 0.552. The number of benzene rings is 1. The Morgan fingerprint density at radius 2 is 2.07 bits per heavy atom. The van der Waals surface area contributed by atoms with E-state index in [0.717, 1.165) is 27.7 Å². The number of halogens is 1. The second kappa shape index (κ2) is 8.01. The molecular weight excluding hydrogens is 362 g/mol. The van der Waals surface area contributed by atoms with Gasteiger partial charge in [0.1, 0.15) is 11.4 Å². The molecule has 0 aliphatic rings. The highest BCUT2D eigenvalue weighted by Crippen LogP contribution is 2.34. The second-order valence-electron chi connectivity index (χ2n) is 7.13. The molecule has 27 heavy (non-hydrogen) atoms. The summed E-state index contributed by atoms with van der Waals surface area (Å²) in [7, 11) is 0. The van der Waals surface area contributed by atoms with Gasteiger partial charge in [0, 0.05) is 10.4 Å². The lowest BCUT2D eigenvalue weighted by Gasteiger charge is -2.21. The molecule has 0 saturated heterocycles. The van der Waals surface area contributed by atoms with E-state index < -0.39 is 11.7 Å². The molecule has 0 bridgehead atoms. The van der Waals surface area contributed by atoms with Crippen molar-refractivity contribution in [2.45, 2.75) is 46.6 Å². The number of carbonyl (C=O) groups is 1. The fourth-order valence-electron chi connectivity index (χ4n) is 2.98. The van der Waals surface area contributed by atoms with Crippen LogP contribution < -0.4 is 5.73 Å². The van der Waals surface area contributed by atoms with Gasteiger partial charge in [-0.3, -0.25) is 0 Å². The predicted molar refractivity (Wildman–Crippen MR) is 113 cm³/mol. The van der Waals surface area contributed by atoms with Crippen molar-refractivity contribution in [3.63, 3.8) is 0 Å². The first-order valence-corrected chi connectivity index (χ1v) is 9.17. The number of nitrogens with two attached hydrogens (primary N) is 1. The number of aryl methyl sites for hydroxylation is 1. The van der Waals surface area contributed by atoms with E-state index in [9.17, 15) is 4.79 Å². The summed E-state index contributed by atoms with van der Waals surface area (Å²) in [6.07, 6.45) is 3.83. The number of nitrogens with zero attached hydrogens (tertiary/aromatic N) is 2. The zero-order chi connectivity index (χ0) is 20.4. The van der Waals surface area contributed by atoms with Gasteiger partial charge in [-0.15, -0.1) is 0 Å². The van der Waals surface area contributed by atoms with Crippen LogP contribution in [-0.2, 0) is 11.2 Å². The monoisotopic (exact) mass is 387 g/mol. The molecule has 0 unspecified atom stereocenters. The predicted octanol–water partition coefficient (Wildman–Crippen LogP) is 5.54. The van der Waals surface area contributed by atoms with E-state index in [2.05, 4.69) is 11.7 Å². The van der Waals surface area contributed by atoms with Gasteiger partial charge in [0.2, 0.25) is 0 Å². The lowest BCUT2D eigenvalue weighted by molar-refractivity contribution is 0.0543. The molecule has 6 heteroatoms. The van der Waals surface area contributed by atoms with Gasteiger partial charge in [-0.25, -0.2) is 14.4 Å². The van der Waals surface area contributed by atoms with E-state index in [-0.39, 0.29) is 5.82 Å². The Morgan fingerprint density at radius 3 is 2.59 bits per heavy atom.